The Labute approximate surface area is 121 Å². The molecule has 0 unspecified atom stereocenters. The monoisotopic (exact) mass is 287 g/mol. The molecule has 0 bridgehead atoms. The third-order valence-corrected chi connectivity index (χ3v) is 4.04. The summed E-state index contributed by atoms with van der Waals surface area (Å²) in [6, 6.07) is 11.4. The smallest absolute Gasteiger partial charge is 0.241 e. The molecule has 0 radical (unpaired) electrons. The van der Waals surface area contributed by atoms with E-state index in [-0.39, 0.29) is 0 Å². The van der Waals surface area contributed by atoms with Crippen molar-refractivity contribution in [1.29, 1.82) is 5.26 Å². The first-order valence-electron chi connectivity index (χ1n) is 7.02. The van der Waals surface area contributed by atoms with Gasteiger partial charge in [0.25, 0.3) is 0 Å². The number of nitrogens with zero attached hydrogens (tertiary/aromatic N) is 3. The fourth-order valence-electron chi connectivity index (χ4n) is 2.80. The Hall–Kier alpha value is -2.22. The molecule has 3 nitrogen and oxygen atoms in total. The summed E-state index contributed by atoms with van der Waals surface area (Å²) in [6.45, 7) is 1.12. The van der Waals surface area contributed by atoms with Crippen LogP contribution < -0.4 is 4.90 Å². The van der Waals surface area contributed by atoms with E-state index in [1.807, 2.05) is 29.2 Å². The number of piperidine rings is 1. The number of rotatable bonds is 2. The van der Waals surface area contributed by atoms with E-state index in [1.54, 1.807) is 6.07 Å². The van der Waals surface area contributed by atoms with Crippen LogP contribution in [0.2, 0.25) is 0 Å². The molecule has 1 fully saturated rings. The number of nitriles is 1. The molecule has 1 saturated heterocycles. The molecule has 1 aliphatic heterocycles. The predicted molar refractivity (Wildman–Crippen MR) is 77.4 cm³/mol. The van der Waals surface area contributed by atoms with Gasteiger partial charge in [-0.1, -0.05) is 18.2 Å². The first kappa shape index (κ1) is 13.7. The van der Waals surface area contributed by atoms with Gasteiger partial charge in [-0.05, 0) is 25.0 Å². The zero-order valence-electron chi connectivity index (χ0n) is 11.5. The lowest BCUT2D eigenvalue weighted by Crippen LogP contribution is -2.36. The lowest BCUT2D eigenvalue weighted by atomic mass is 9.97. The van der Waals surface area contributed by atoms with Crippen LogP contribution in [0.5, 0.6) is 0 Å². The first-order chi connectivity index (χ1) is 10.2. The molecule has 0 aliphatic carbocycles. The van der Waals surface area contributed by atoms with Crippen LogP contribution in [0.25, 0.3) is 10.9 Å². The van der Waals surface area contributed by atoms with E-state index in [9.17, 15) is 14.0 Å². The quantitative estimate of drug-likeness (QED) is 0.847. The minimum atomic E-state index is -2.24. The second-order valence-electron chi connectivity index (χ2n) is 5.32. The normalized spacial score (nSPS) is 16.4. The van der Waals surface area contributed by atoms with Crippen LogP contribution in [0.4, 0.5) is 14.6 Å². The fraction of sp³-hybridized carbons (Fsp3) is 0.375. The third kappa shape index (κ3) is 2.66. The Bertz CT molecular complexity index is 685. The van der Waals surface area contributed by atoms with Gasteiger partial charge in [-0.25, -0.2) is 13.8 Å². The third-order valence-electron chi connectivity index (χ3n) is 4.04. The summed E-state index contributed by atoms with van der Waals surface area (Å²) >= 11 is 0. The second-order valence-corrected chi connectivity index (χ2v) is 5.32. The average molecular weight is 287 g/mol. The standard InChI is InChI=1S/C16H15F2N3/c17-16(18)11-5-7-21(8-6-11)15-9-12(10-19)13-3-1-2-4-14(13)20-15/h1-4,9,11,16H,5-8H2. The molecule has 108 valence electrons. The van der Waals surface area contributed by atoms with Gasteiger partial charge in [-0.3, -0.25) is 0 Å². The summed E-state index contributed by atoms with van der Waals surface area (Å²) in [5.74, 6) is 0.190. The number of aromatic nitrogens is 1. The Morgan fingerprint density at radius 3 is 2.62 bits per heavy atom. The molecular formula is C16H15F2N3. The number of halogens is 2. The minimum absolute atomic E-state index is 0.466. The summed E-state index contributed by atoms with van der Waals surface area (Å²) in [4.78, 5) is 6.56. The van der Waals surface area contributed by atoms with E-state index < -0.39 is 12.3 Å². The number of hydrogen-bond donors (Lipinski definition) is 0. The van der Waals surface area contributed by atoms with Crippen LogP contribution in [0.1, 0.15) is 18.4 Å². The second kappa shape index (κ2) is 5.65. The first-order valence-corrected chi connectivity index (χ1v) is 7.02. The molecule has 3 rings (SSSR count). The van der Waals surface area contributed by atoms with Crippen molar-refractivity contribution in [3.63, 3.8) is 0 Å². The van der Waals surface area contributed by atoms with Crippen molar-refractivity contribution in [2.45, 2.75) is 19.3 Å². The maximum atomic E-state index is 12.7. The summed E-state index contributed by atoms with van der Waals surface area (Å²) in [7, 11) is 0. The average Bonchev–Trinajstić information content (AvgIpc) is 2.53. The van der Waals surface area contributed by atoms with Gasteiger partial charge in [0, 0.05) is 24.4 Å². The van der Waals surface area contributed by atoms with Gasteiger partial charge in [-0.15, -0.1) is 0 Å². The van der Waals surface area contributed by atoms with Gasteiger partial charge in [0.15, 0.2) is 0 Å². The zero-order chi connectivity index (χ0) is 14.8. The largest absolute Gasteiger partial charge is 0.357 e. The van der Waals surface area contributed by atoms with Crippen molar-refractivity contribution in [3.05, 3.63) is 35.9 Å². The van der Waals surface area contributed by atoms with Crippen molar-refractivity contribution < 1.29 is 8.78 Å². The summed E-state index contributed by atoms with van der Waals surface area (Å²) in [6.07, 6.45) is -1.31. The number of benzene rings is 1. The van der Waals surface area contributed by atoms with E-state index in [4.69, 9.17) is 0 Å². The molecule has 2 heterocycles. The molecule has 1 aliphatic rings. The maximum absolute atomic E-state index is 12.7. The highest BCUT2D eigenvalue weighted by Gasteiger charge is 2.27. The van der Waals surface area contributed by atoms with Crippen LogP contribution >= 0.6 is 0 Å². The molecule has 0 atom stereocenters. The highest BCUT2D eigenvalue weighted by atomic mass is 19.3. The molecule has 0 amide bonds. The number of anilines is 1. The molecule has 5 heteroatoms. The lowest BCUT2D eigenvalue weighted by Gasteiger charge is -2.32. The van der Waals surface area contributed by atoms with E-state index >= 15 is 0 Å². The Kier molecular flexibility index (Phi) is 3.70. The van der Waals surface area contributed by atoms with Gasteiger partial charge in [0.1, 0.15) is 5.82 Å². The maximum Gasteiger partial charge on any atom is 0.241 e. The van der Waals surface area contributed by atoms with Crippen molar-refractivity contribution in [3.8, 4) is 6.07 Å². The number of para-hydroxylation sites is 1. The van der Waals surface area contributed by atoms with Crippen LogP contribution in [0, 0.1) is 17.2 Å². The number of pyridine rings is 1. The Balaban J connectivity index is 1.90. The van der Waals surface area contributed by atoms with Crippen LogP contribution in [-0.2, 0) is 0 Å². The SMILES string of the molecule is N#Cc1cc(N2CCC(C(F)F)CC2)nc2ccccc12. The highest BCUT2D eigenvalue weighted by Crippen LogP contribution is 2.28. The van der Waals surface area contributed by atoms with Crippen LogP contribution in [0.3, 0.4) is 0 Å². The summed E-state index contributed by atoms with van der Waals surface area (Å²) in [5, 5.41) is 10.1. The van der Waals surface area contributed by atoms with E-state index in [0.717, 1.165) is 10.9 Å². The van der Waals surface area contributed by atoms with Crippen molar-refractivity contribution in [2.24, 2.45) is 5.92 Å². The van der Waals surface area contributed by atoms with E-state index in [1.165, 1.54) is 0 Å². The topological polar surface area (TPSA) is 39.9 Å². The Morgan fingerprint density at radius 2 is 1.95 bits per heavy atom. The van der Waals surface area contributed by atoms with Crippen LogP contribution in [0.15, 0.2) is 30.3 Å². The fourth-order valence-corrected chi connectivity index (χ4v) is 2.80. The Morgan fingerprint density at radius 1 is 1.24 bits per heavy atom. The number of hydrogen-bond acceptors (Lipinski definition) is 3. The van der Waals surface area contributed by atoms with Gasteiger partial charge in [-0.2, -0.15) is 5.26 Å². The zero-order valence-corrected chi connectivity index (χ0v) is 11.5. The van der Waals surface area contributed by atoms with Gasteiger partial charge in [0.2, 0.25) is 6.43 Å². The molecule has 0 spiro atoms. The number of fused-ring (bicyclic) bond motifs is 1. The molecular weight excluding hydrogens is 272 g/mol. The van der Waals surface area contributed by atoms with Gasteiger partial charge in [0.05, 0.1) is 17.1 Å². The molecule has 0 saturated carbocycles. The number of alkyl halides is 2. The molecule has 21 heavy (non-hydrogen) atoms. The van der Waals surface area contributed by atoms with Crippen molar-refractivity contribution >= 4 is 16.7 Å². The molecule has 1 aromatic carbocycles. The van der Waals surface area contributed by atoms with E-state index in [2.05, 4.69) is 11.1 Å². The van der Waals surface area contributed by atoms with Gasteiger partial charge >= 0.3 is 0 Å². The summed E-state index contributed by atoms with van der Waals surface area (Å²) < 4.78 is 25.4. The minimum Gasteiger partial charge on any atom is -0.357 e. The summed E-state index contributed by atoms with van der Waals surface area (Å²) in [5.41, 5.74) is 1.34. The molecule has 1 aromatic heterocycles. The molecule has 2 aromatic rings. The lowest BCUT2D eigenvalue weighted by molar-refractivity contribution is 0.0635. The predicted octanol–water partition coefficient (Wildman–Crippen LogP) is 3.59. The van der Waals surface area contributed by atoms with Crippen molar-refractivity contribution in [1.82, 2.24) is 4.98 Å². The highest BCUT2D eigenvalue weighted by molar-refractivity contribution is 5.86. The van der Waals surface area contributed by atoms with Crippen molar-refractivity contribution in [2.75, 3.05) is 18.0 Å². The van der Waals surface area contributed by atoms with E-state index in [0.29, 0.717) is 37.3 Å². The molecule has 0 N–H and O–H groups in total. The van der Waals surface area contributed by atoms with Gasteiger partial charge < -0.3 is 4.90 Å². The van der Waals surface area contributed by atoms with Crippen LogP contribution in [-0.4, -0.2) is 24.5 Å².